The normalized spacial score (nSPS) is 23.0. The van der Waals surface area contributed by atoms with Gasteiger partial charge in [-0.15, -0.1) is 0 Å². The maximum absolute atomic E-state index is 12.8. The molecular weight excluding hydrogens is 354 g/mol. The van der Waals surface area contributed by atoms with Gasteiger partial charge >= 0.3 is 0 Å². The monoisotopic (exact) mass is 379 g/mol. The zero-order valence-electron chi connectivity index (χ0n) is 15.9. The number of carbonyl (C=O) groups is 2. The number of hydrogen-bond acceptors (Lipinski definition) is 4. The largest absolute Gasteiger partial charge is 0.371 e. The molecule has 0 bridgehead atoms. The first-order valence-corrected chi connectivity index (χ1v) is 10.1. The van der Waals surface area contributed by atoms with Gasteiger partial charge in [0, 0.05) is 30.1 Å². The fraction of sp³-hybridized carbons (Fsp3) is 0.500. The Hall–Kier alpha value is -2.47. The molecule has 1 aromatic carbocycles. The standard InChI is InChI=1S/C22H25N3O3/c26-20(24-11-15-3-4-15)8-16-10-22(28-12-16)13-25(14-22)21(27)18-5-6-19-17(9-18)2-1-7-23-19/h1-2,5-7,9,15-16H,3-4,8,10-14H2,(H,24,26). The number of likely N-dealkylation sites (tertiary alicyclic amines) is 1. The second-order valence-corrected chi connectivity index (χ2v) is 8.59. The molecule has 6 nitrogen and oxygen atoms in total. The maximum Gasteiger partial charge on any atom is 0.254 e. The summed E-state index contributed by atoms with van der Waals surface area (Å²) in [5.41, 5.74) is 1.32. The van der Waals surface area contributed by atoms with Gasteiger partial charge < -0.3 is 15.0 Å². The lowest BCUT2D eigenvalue weighted by molar-refractivity contribution is -0.122. The molecule has 3 fully saturated rings. The van der Waals surface area contributed by atoms with Gasteiger partial charge in [0.2, 0.25) is 5.91 Å². The summed E-state index contributed by atoms with van der Waals surface area (Å²) in [6.45, 7) is 2.65. The van der Waals surface area contributed by atoms with E-state index in [1.807, 2.05) is 35.2 Å². The molecule has 3 aliphatic rings. The molecule has 0 radical (unpaired) electrons. The number of rotatable bonds is 5. The van der Waals surface area contributed by atoms with Gasteiger partial charge in [0.25, 0.3) is 5.91 Å². The fourth-order valence-electron chi connectivity index (χ4n) is 4.39. The van der Waals surface area contributed by atoms with E-state index in [1.54, 1.807) is 6.20 Å². The summed E-state index contributed by atoms with van der Waals surface area (Å²) in [6, 6.07) is 9.47. The number of amides is 2. The van der Waals surface area contributed by atoms with Crippen LogP contribution in [-0.4, -0.2) is 53.5 Å². The van der Waals surface area contributed by atoms with Crippen LogP contribution in [0.3, 0.4) is 0 Å². The summed E-state index contributed by atoms with van der Waals surface area (Å²) in [7, 11) is 0. The number of pyridine rings is 1. The number of benzene rings is 1. The Morgan fingerprint density at radius 2 is 2.07 bits per heavy atom. The zero-order valence-corrected chi connectivity index (χ0v) is 15.9. The van der Waals surface area contributed by atoms with Crippen molar-refractivity contribution in [1.82, 2.24) is 15.2 Å². The minimum absolute atomic E-state index is 0.0330. The van der Waals surface area contributed by atoms with Crippen LogP contribution < -0.4 is 5.32 Å². The van der Waals surface area contributed by atoms with Crippen LogP contribution in [0.15, 0.2) is 36.5 Å². The second kappa shape index (κ2) is 6.85. The molecule has 1 aliphatic carbocycles. The van der Waals surface area contributed by atoms with Crippen molar-refractivity contribution in [2.24, 2.45) is 11.8 Å². The molecule has 1 atom stereocenters. The van der Waals surface area contributed by atoms with Gasteiger partial charge in [-0.3, -0.25) is 14.6 Å². The highest BCUT2D eigenvalue weighted by Gasteiger charge is 2.51. The molecule has 2 saturated heterocycles. The molecule has 2 aromatic rings. The van der Waals surface area contributed by atoms with E-state index >= 15 is 0 Å². The van der Waals surface area contributed by atoms with Crippen molar-refractivity contribution in [3.8, 4) is 0 Å². The van der Waals surface area contributed by atoms with E-state index in [1.165, 1.54) is 12.8 Å². The first-order chi connectivity index (χ1) is 13.6. The van der Waals surface area contributed by atoms with E-state index in [4.69, 9.17) is 4.74 Å². The average Bonchev–Trinajstić information content (AvgIpc) is 3.42. The third-order valence-corrected chi connectivity index (χ3v) is 6.14. The van der Waals surface area contributed by atoms with Crippen LogP contribution in [0.1, 0.15) is 36.0 Å². The lowest BCUT2D eigenvalue weighted by Gasteiger charge is -2.47. The van der Waals surface area contributed by atoms with Gasteiger partial charge in [-0.2, -0.15) is 0 Å². The Morgan fingerprint density at radius 1 is 1.21 bits per heavy atom. The summed E-state index contributed by atoms with van der Waals surface area (Å²) in [5.74, 6) is 1.12. The Balaban J connectivity index is 1.15. The lowest BCUT2D eigenvalue weighted by Crippen LogP contribution is -2.63. The molecule has 5 rings (SSSR count). The fourth-order valence-corrected chi connectivity index (χ4v) is 4.39. The van der Waals surface area contributed by atoms with E-state index in [-0.39, 0.29) is 23.3 Å². The molecular formula is C22H25N3O3. The molecule has 3 heterocycles. The average molecular weight is 379 g/mol. The molecule has 2 amide bonds. The van der Waals surface area contributed by atoms with Crippen molar-refractivity contribution < 1.29 is 14.3 Å². The second-order valence-electron chi connectivity index (χ2n) is 8.59. The van der Waals surface area contributed by atoms with E-state index in [0.29, 0.717) is 37.6 Å². The molecule has 1 saturated carbocycles. The molecule has 1 aromatic heterocycles. The van der Waals surface area contributed by atoms with Crippen LogP contribution in [0.4, 0.5) is 0 Å². The SMILES string of the molecule is O=C(CC1COC2(C1)CN(C(=O)c1ccc3ncccc3c1)C2)NCC1CC1. The number of ether oxygens (including phenoxy) is 1. The minimum atomic E-state index is -0.254. The first-order valence-electron chi connectivity index (χ1n) is 10.1. The maximum atomic E-state index is 12.8. The van der Waals surface area contributed by atoms with Crippen LogP contribution >= 0.6 is 0 Å². The van der Waals surface area contributed by atoms with Crippen LogP contribution in [0, 0.1) is 11.8 Å². The highest BCUT2D eigenvalue weighted by molar-refractivity contribution is 5.98. The van der Waals surface area contributed by atoms with Crippen LogP contribution in [-0.2, 0) is 9.53 Å². The lowest BCUT2D eigenvalue weighted by atomic mass is 9.85. The summed E-state index contributed by atoms with van der Waals surface area (Å²) in [5, 5.41) is 4.00. The first kappa shape index (κ1) is 17.6. The van der Waals surface area contributed by atoms with Gasteiger partial charge in [0.15, 0.2) is 0 Å². The van der Waals surface area contributed by atoms with Crippen molar-refractivity contribution >= 4 is 22.7 Å². The number of hydrogen-bond donors (Lipinski definition) is 1. The van der Waals surface area contributed by atoms with Gasteiger partial charge in [0.05, 0.1) is 25.2 Å². The minimum Gasteiger partial charge on any atom is -0.371 e. The molecule has 1 unspecified atom stereocenters. The van der Waals surface area contributed by atoms with Gasteiger partial charge in [0.1, 0.15) is 5.60 Å². The topological polar surface area (TPSA) is 71.5 Å². The van der Waals surface area contributed by atoms with Gasteiger partial charge in [-0.1, -0.05) is 6.07 Å². The van der Waals surface area contributed by atoms with Crippen molar-refractivity contribution in [3.05, 3.63) is 42.1 Å². The zero-order chi connectivity index (χ0) is 19.1. The Labute approximate surface area is 164 Å². The van der Waals surface area contributed by atoms with Crippen molar-refractivity contribution in [2.45, 2.75) is 31.3 Å². The Bertz CT molecular complexity index is 918. The third kappa shape index (κ3) is 3.49. The molecule has 1 N–H and O–H groups in total. The summed E-state index contributed by atoms with van der Waals surface area (Å²) in [4.78, 5) is 31.0. The van der Waals surface area contributed by atoms with Gasteiger partial charge in [-0.05, 0) is 55.4 Å². The predicted octanol–water partition coefficient (Wildman–Crippen LogP) is 2.38. The highest BCUT2D eigenvalue weighted by atomic mass is 16.5. The van der Waals surface area contributed by atoms with Crippen LogP contribution in [0.5, 0.6) is 0 Å². The van der Waals surface area contributed by atoms with E-state index in [2.05, 4.69) is 10.3 Å². The quantitative estimate of drug-likeness (QED) is 0.866. The molecule has 1 spiro atoms. The number of fused-ring (bicyclic) bond motifs is 1. The molecule has 146 valence electrons. The number of aromatic nitrogens is 1. The van der Waals surface area contributed by atoms with Crippen molar-refractivity contribution in [1.29, 1.82) is 0 Å². The van der Waals surface area contributed by atoms with E-state index < -0.39 is 0 Å². The predicted molar refractivity (Wildman–Crippen MR) is 105 cm³/mol. The number of carbonyl (C=O) groups excluding carboxylic acids is 2. The smallest absolute Gasteiger partial charge is 0.254 e. The van der Waals surface area contributed by atoms with Crippen molar-refractivity contribution in [3.63, 3.8) is 0 Å². The van der Waals surface area contributed by atoms with Crippen molar-refractivity contribution in [2.75, 3.05) is 26.2 Å². The highest BCUT2D eigenvalue weighted by Crippen LogP contribution is 2.39. The third-order valence-electron chi connectivity index (χ3n) is 6.14. The van der Waals surface area contributed by atoms with E-state index in [9.17, 15) is 9.59 Å². The van der Waals surface area contributed by atoms with Crippen LogP contribution in [0.25, 0.3) is 10.9 Å². The Kier molecular flexibility index (Phi) is 4.31. The number of nitrogens with one attached hydrogen (secondary N) is 1. The number of nitrogens with zero attached hydrogens (tertiary/aromatic N) is 2. The summed E-state index contributed by atoms with van der Waals surface area (Å²) < 4.78 is 6.03. The molecule has 6 heteroatoms. The van der Waals surface area contributed by atoms with Crippen LogP contribution in [0.2, 0.25) is 0 Å². The molecule has 2 aliphatic heterocycles. The van der Waals surface area contributed by atoms with Gasteiger partial charge in [-0.25, -0.2) is 0 Å². The summed E-state index contributed by atoms with van der Waals surface area (Å²) >= 11 is 0. The Morgan fingerprint density at radius 3 is 2.89 bits per heavy atom. The summed E-state index contributed by atoms with van der Waals surface area (Å²) in [6.07, 6.45) is 5.62. The molecule has 28 heavy (non-hydrogen) atoms. The van der Waals surface area contributed by atoms with E-state index in [0.717, 1.165) is 23.9 Å².